The second-order valence-corrected chi connectivity index (χ2v) is 6.99. The molecule has 1 aliphatic rings. The highest BCUT2D eigenvalue weighted by atomic mass is 32.1. The first-order valence-electron chi connectivity index (χ1n) is 8.64. The maximum atomic E-state index is 12.2. The number of fused-ring (bicyclic) bond motifs is 1. The van der Waals surface area contributed by atoms with E-state index in [0.29, 0.717) is 26.3 Å². The Labute approximate surface area is 152 Å². The molecule has 0 bridgehead atoms. The van der Waals surface area contributed by atoms with Crippen molar-refractivity contribution in [1.29, 1.82) is 0 Å². The van der Waals surface area contributed by atoms with Crippen LogP contribution >= 0.6 is 11.3 Å². The van der Waals surface area contributed by atoms with Crippen LogP contribution in [-0.2, 0) is 17.8 Å². The fraction of sp³-hybridized carbons (Fsp3) is 0.421. The summed E-state index contributed by atoms with van der Waals surface area (Å²) in [6, 6.07) is 10.1. The van der Waals surface area contributed by atoms with Crippen molar-refractivity contribution in [3.63, 3.8) is 0 Å². The second kappa shape index (κ2) is 8.87. The molecule has 0 saturated carbocycles. The molecular formula is C19H24N2O3S. The second-order valence-electron chi connectivity index (χ2n) is 5.96. The van der Waals surface area contributed by atoms with Gasteiger partial charge < -0.3 is 14.8 Å². The first kappa shape index (κ1) is 17.8. The Morgan fingerprint density at radius 1 is 1.24 bits per heavy atom. The summed E-state index contributed by atoms with van der Waals surface area (Å²) < 4.78 is 11.1. The van der Waals surface area contributed by atoms with Gasteiger partial charge in [0.25, 0.3) is 0 Å². The minimum atomic E-state index is 0.0657. The van der Waals surface area contributed by atoms with Crippen LogP contribution < -0.4 is 14.8 Å². The number of amides is 1. The number of likely N-dealkylation sites (N-methyl/N-ethyl adjacent to an activating group) is 1. The molecule has 1 aromatic heterocycles. The molecule has 1 amide bonds. The van der Waals surface area contributed by atoms with Gasteiger partial charge in [0.1, 0.15) is 13.2 Å². The average molecular weight is 360 g/mol. The lowest BCUT2D eigenvalue weighted by atomic mass is 10.1. The van der Waals surface area contributed by atoms with Crippen LogP contribution in [0.15, 0.2) is 35.7 Å². The van der Waals surface area contributed by atoms with E-state index < -0.39 is 0 Å². The van der Waals surface area contributed by atoms with E-state index in [-0.39, 0.29) is 5.91 Å². The number of rotatable bonds is 8. The third-order valence-electron chi connectivity index (χ3n) is 4.12. The fourth-order valence-electron chi connectivity index (χ4n) is 2.75. The number of ether oxygens (including phenoxy) is 2. The van der Waals surface area contributed by atoms with E-state index in [9.17, 15) is 4.79 Å². The molecule has 25 heavy (non-hydrogen) atoms. The maximum Gasteiger partial charge on any atom is 0.234 e. The molecule has 0 aliphatic carbocycles. The van der Waals surface area contributed by atoms with Crippen LogP contribution in [0, 0.1) is 0 Å². The molecule has 2 heterocycles. The largest absolute Gasteiger partial charge is 0.486 e. The van der Waals surface area contributed by atoms with E-state index in [0.717, 1.165) is 36.6 Å². The fourth-order valence-corrected chi connectivity index (χ4v) is 3.50. The Hall–Kier alpha value is -2.05. The van der Waals surface area contributed by atoms with Gasteiger partial charge in [0.2, 0.25) is 5.91 Å². The van der Waals surface area contributed by atoms with Crippen molar-refractivity contribution in [3.8, 4) is 11.5 Å². The topological polar surface area (TPSA) is 50.8 Å². The van der Waals surface area contributed by atoms with E-state index in [4.69, 9.17) is 9.47 Å². The van der Waals surface area contributed by atoms with E-state index in [1.54, 1.807) is 11.3 Å². The highest BCUT2D eigenvalue weighted by molar-refractivity contribution is 7.09. The van der Waals surface area contributed by atoms with Gasteiger partial charge in [-0.2, -0.15) is 0 Å². The van der Waals surface area contributed by atoms with Crippen LogP contribution in [-0.4, -0.2) is 43.7 Å². The van der Waals surface area contributed by atoms with Gasteiger partial charge in [-0.15, -0.1) is 11.3 Å². The number of thiophene rings is 1. The average Bonchev–Trinajstić information content (AvgIpc) is 3.14. The molecule has 0 radical (unpaired) electrons. The van der Waals surface area contributed by atoms with Crippen molar-refractivity contribution in [2.45, 2.75) is 19.9 Å². The van der Waals surface area contributed by atoms with Crippen LogP contribution in [0.25, 0.3) is 0 Å². The highest BCUT2D eigenvalue weighted by Crippen LogP contribution is 2.30. The number of nitrogens with one attached hydrogen (secondary N) is 1. The van der Waals surface area contributed by atoms with Gasteiger partial charge in [-0.3, -0.25) is 9.69 Å². The molecule has 5 nitrogen and oxygen atoms in total. The zero-order chi connectivity index (χ0) is 17.5. The molecule has 2 aromatic rings. The van der Waals surface area contributed by atoms with E-state index >= 15 is 0 Å². The van der Waals surface area contributed by atoms with Gasteiger partial charge >= 0.3 is 0 Å². The molecule has 0 fully saturated rings. The van der Waals surface area contributed by atoms with Crippen LogP contribution in [0.5, 0.6) is 11.5 Å². The summed E-state index contributed by atoms with van der Waals surface area (Å²) in [5, 5.41) is 5.07. The summed E-state index contributed by atoms with van der Waals surface area (Å²) >= 11 is 1.72. The lowest BCUT2D eigenvalue weighted by Crippen LogP contribution is -2.37. The molecule has 1 aromatic carbocycles. The van der Waals surface area contributed by atoms with Crippen molar-refractivity contribution in [1.82, 2.24) is 10.2 Å². The van der Waals surface area contributed by atoms with E-state index in [1.807, 2.05) is 24.3 Å². The van der Waals surface area contributed by atoms with Gasteiger partial charge in [0.05, 0.1) is 6.54 Å². The Bertz CT molecular complexity index is 688. The number of benzene rings is 1. The number of hydrogen-bond acceptors (Lipinski definition) is 5. The van der Waals surface area contributed by atoms with Crippen molar-refractivity contribution in [2.24, 2.45) is 0 Å². The summed E-state index contributed by atoms with van der Waals surface area (Å²) in [6.07, 6.45) is 0.777. The normalized spacial score (nSPS) is 13.0. The minimum Gasteiger partial charge on any atom is -0.486 e. The highest BCUT2D eigenvalue weighted by Gasteiger charge is 2.12. The van der Waals surface area contributed by atoms with Crippen molar-refractivity contribution in [3.05, 3.63) is 46.2 Å². The zero-order valence-corrected chi connectivity index (χ0v) is 15.3. The van der Waals surface area contributed by atoms with Gasteiger partial charge in [-0.05, 0) is 42.1 Å². The number of carbonyl (C=O) groups is 1. The van der Waals surface area contributed by atoms with Crippen LogP contribution in [0.4, 0.5) is 0 Å². The molecule has 0 unspecified atom stereocenters. The Balaban J connectivity index is 1.42. The van der Waals surface area contributed by atoms with Gasteiger partial charge in [0.15, 0.2) is 11.5 Å². The van der Waals surface area contributed by atoms with Crippen LogP contribution in [0.1, 0.15) is 17.4 Å². The van der Waals surface area contributed by atoms with Crippen molar-refractivity contribution < 1.29 is 14.3 Å². The SMILES string of the molecule is CCN(CC(=O)NCCc1ccc2c(c1)OCCO2)Cc1cccs1. The molecule has 3 rings (SSSR count). The summed E-state index contributed by atoms with van der Waals surface area (Å²) in [6.45, 7) is 5.99. The summed E-state index contributed by atoms with van der Waals surface area (Å²) in [4.78, 5) is 15.6. The van der Waals surface area contributed by atoms with E-state index in [2.05, 4.69) is 28.6 Å². The van der Waals surface area contributed by atoms with Gasteiger partial charge in [-0.1, -0.05) is 19.1 Å². The molecule has 1 N–H and O–H groups in total. The summed E-state index contributed by atoms with van der Waals surface area (Å²) in [5.41, 5.74) is 1.13. The zero-order valence-electron chi connectivity index (χ0n) is 14.5. The summed E-state index contributed by atoms with van der Waals surface area (Å²) in [7, 11) is 0. The van der Waals surface area contributed by atoms with Crippen molar-refractivity contribution in [2.75, 3.05) is 32.8 Å². The molecule has 0 spiro atoms. The lowest BCUT2D eigenvalue weighted by molar-refractivity contribution is -0.122. The molecule has 0 saturated heterocycles. The summed E-state index contributed by atoms with van der Waals surface area (Å²) in [5.74, 6) is 1.66. The predicted molar refractivity (Wildman–Crippen MR) is 99.4 cm³/mol. The number of carbonyl (C=O) groups excluding carboxylic acids is 1. The molecule has 6 heteroatoms. The molecule has 0 atom stereocenters. The Morgan fingerprint density at radius 2 is 2.08 bits per heavy atom. The van der Waals surface area contributed by atoms with Crippen molar-refractivity contribution >= 4 is 17.2 Å². The Morgan fingerprint density at radius 3 is 2.84 bits per heavy atom. The standard InChI is InChI=1S/C19H24N2O3S/c1-2-21(13-16-4-3-11-25-16)14-19(22)20-8-7-15-5-6-17-18(12-15)24-10-9-23-17/h3-6,11-12H,2,7-10,13-14H2,1H3,(H,20,22). The third-order valence-corrected chi connectivity index (χ3v) is 4.98. The number of hydrogen-bond donors (Lipinski definition) is 1. The van der Waals surface area contributed by atoms with E-state index in [1.165, 1.54) is 4.88 Å². The molecule has 134 valence electrons. The number of nitrogens with zero attached hydrogens (tertiary/aromatic N) is 1. The van der Waals surface area contributed by atoms with Gasteiger partial charge in [-0.25, -0.2) is 0 Å². The molecular weight excluding hydrogens is 336 g/mol. The predicted octanol–water partition coefficient (Wildman–Crippen LogP) is 2.70. The monoisotopic (exact) mass is 360 g/mol. The minimum absolute atomic E-state index is 0.0657. The maximum absolute atomic E-state index is 12.2. The third kappa shape index (κ3) is 5.21. The first-order chi connectivity index (χ1) is 12.2. The lowest BCUT2D eigenvalue weighted by Gasteiger charge is -2.20. The van der Waals surface area contributed by atoms with Crippen LogP contribution in [0.2, 0.25) is 0 Å². The van der Waals surface area contributed by atoms with Gasteiger partial charge in [0, 0.05) is 18.0 Å². The first-order valence-corrected chi connectivity index (χ1v) is 9.52. The van der Waals surface area contributed by atoms with Crippen LogP contribution in [0.3, 0.4) is 0 Å². The smallest absolute Gasteiger partial charge is 0.234 e. The Kier molecular flexibility index (Phi) is 6.30. The molecule has 1 aliphatic heterocycles. The quantitative estimate of drug-likeness (QED) is 0.786.